The predicted octanol–water partition coefficient (Wildman–Crippen LogP) is 4.88. The molecule has 1 spiro atoms. The van der Waals surface area contributed by atoms with Crippen LogP contribution in [0, 0.1) is 11.8 Å². The summed E-state index contributed by atoms with van der Waals surface area (Å²) in [5, 5.41) is 9.27. The maximum absolute atomic E-state index is 14.6. The number of hydrogen-bond donors (Lipinski definition) is 1. The maximum atomic E-state index is 14.6. The molecule has 39 heavy (non-hydrogen) atoms. The molecular formula is C31H48N2O5S. The third kappa shape index (κ3) is 5.83. The molecule has 2 bridgehead atoms. The molecular weight excluding hydrogens is 512 g/mol. The molecule has 3 heterocycles. The molecule has 4 fully saturated rings. The highest BCUT2D eigenvalue weighted by molar-refractivity contribution is 8.02. The number of aliphatic hydroxyl groups excluding tert-OH is 1. The molecule has 1 saturated carbocycles. The summed E-state index contributed by atoms with van der Waals surface area (Å²) in [4.78, 5) is 46.2. The van der Waals surface area contributed by atoms with Gasteiger partial charge in [-0.05, 0) is 71.1 Å². The summed E-state index contributed by atoms with van der Waals surface area (Å²) >= 11 is 1.72. The lowest BCUT2D eigenvalue weighted by Crippen LogP contribution is -2.57. The number of aliphatic hydroxyl groups is 1. The molecule has 8 heteroatoms. The number of hydrogen-bond acceptors (Lipinski definition) is 6. The largest absolute Gasteiger partial charge is 0.465 e. The normalized spacial score (nSPS) is 31.8. The number of carbonyl (C=O) groups excluding carboxylic acids is 3. The topological polar surface area (TPSA) is 87.1 Å². The number of allylic oxidation sites excluding steroid dienone is 1. The van der Waals surface area contributed by atoms with E-state index in [1.807, 2.05) is 15.9 Å². The van der Waals surface area contributed by atoms with E-state index in [9.17, 15) is 19.5 Å². The molecule has 0 aromatic rings. The Labute approximate surface area is 238 Å². The van der Waals surface area contributed by atoms with Crippen molar-refractivity contribution in [3.63, 3.8) is 0 Å². The minimum atomic E-state index is -0.611. The molecule has 2 unspecified atom stereocenters. The highest BCUT2D eigenvalue weighted by Crippen LogP contribution is 2.71. The molecule has 2 amide bonds. The minimum absolute atomic E-state index is 0.0231. The molecule has 3 saturated heterocycles. The number of amides is 2. The van der Waals surface area contributed by atoms with Crippen LogP contribution in [0.1, 0.15) is 90.4 Å². The Morgan fingerprint density at radius 1 is 1.10 bits per heavy atom. The molecule has 4 aliphatic rings. The lowest BCUT2D eigenvalue weighted by Gasteiger charge is -2.41. The standard InChI is InChI=1S/C31H48N2O5S/c1-4-6-7-14-22-38-29(37)25-24-27(35)33(20-12-9-13-21-34)26(31(24)18-17-30(25,3)39-31)28(36)32(19-5-2)23-15-10-8-11-16-23/h4-5,23-26,34H,1-2,6-22H2,3H3/t24-,25+,26?,30-,31?/m0/s1. The van der Waals surface area contributed by atoms with Gasteiger partial charge in [0.1, 0.15) is 6.04 Å². The molecule has 0 aromatic heterocycles. The van der Waals surface area contributed by atoms with Crippen molar-refractivity contribution in [2.75, 3.05) is 26.3 Å². The van der Waals surface area contributed by atoms with Gasteiger partial charge in [0.25, 0.3) is 0 Å². The molecule has 0 radical (unpaired) electrons. The SMILES string of the molecule is C=CCCCCOC(=O)[C@H]1[C@H]2C(=O)N(CCCCCO)C(C(=O)N(CC=C)C3CCCCC3)C23CC[C@]1(C)S3. The Hall–Kier alpha value is -1.80. The molecule has 0 aromatic carbocycles. The zero-order valence-corrected chi connectivity index (χ0v) is 24.6. The zero-order chi connectivity index (χ0) is 28.0. The predicted molar refractivity (Wildman–Crippen MR) is 155 cm³/mol. The third-order valence-corrected chi connectivity index (χ3v) is 11.5. The second kappa shape index (κ2) is 13.2. The van der Waals surface area contributed by atoms with Crippen LogP contribution in [0.5, 0.6) is 0 Å². The number of thioether (sulfide) groups is 1. The van der Waals surface area contributed by atoms with Crippen molar-refractivity contribution in [2.45, 2.75) is 112 Å². The van der Waals surface area contributed by atoms with Gasteiger partial charge in [-0.25, -0.2) is 0 Å². The summed E-state index contributed by atoms with van der Waals surface area (Å²) < 4.78 is 4.76. The minimum Gasteiger partial charge on any atom is -0.465 e. The number of unbranched alkanes of at least 4 members (excludes halogenated alkanes) is 4. The van der Waals surface area contributed by atoms with Crippen molar-refractivity contribution in [1.82, 2.24) is 9.80 Å². The van der Waals surface area contributed by atoms with Crippen molar-refractivity contribution in [2.24, 2.45) is 11.8 Å². The summed E-state index contributed by atoms with van der Waals surface area (Å²) in [5.74, 6) is -1.40. The van der Waals surface area contributed by atoms with E-state index in [2.05, 4.69) is 20.1 Å². The Balaban J connectivity index is 1.63. The van der Waals surface area contributed by atoms with Crippen molar-refractivity contribution in [3.05, 3.63) is 25.3 Å². The third-order valence-electron chi connectivity index (χ3n) is 9.49. The van der Waals surface area contributed by atoms with Crippen LogP contribution in [0.4, 0.5) is 0 Å². The molecule has 5 atom stereocenters. The van der Waals surface area contributed by atoms with E-state index in [-0.39, 0.29) is 30.4 Å². The van der Waals surface area contributed by atoms with Crippen molar-refractivity contribution >= 4 is 29.5 Å². The molecule has 3 aliphatic heterocycles. The average Bonchev–Trinajstić information content (AvgIpc) is 3.50. The first-order valence-electron chi connectivity index (χ1n) is 15.1. The van der Waals surface area contributed by atoms with Gasteiger partial charge in [-0.3, -0.25) is 14.4 Å². The van der Waals surface area contributed by atoms with Crippen LogP contribution in [0.15, 0.2) is 25.3 Å². The lowest BCUT2D eigenvalue weighted by molar-refractivity contribution is -0.155. The quantitative estimate of drug-likeness (QED) is 0.175. The van der Waals surface area contributed by atoms with Crippen molar-refractivity contribution in [3.8, 4) is 0 Å². The van der Waals surface area contributed by atoms with Gasteiger partial charge in [0, 0.05) is 30.5 Å². The summed E-state index contributed by atoms with van der Waals surface area (Å²) in [6, 6.07) is -0.412. The van der Waals surface area contributed by atoms with Crippen molar-refractivity contribution in [1.29, 1.82) is 0 Å². The molecule has 7 nitrogen and oxygen atoms in total. The fourth-order valence-electron chi connectivity index (χ4n) is 7.64. The van der Waals surface area contributed by atoms with Gasteiger partial charge in [-0.1, -0.05) is 31.4 Å². The number of esters is 1. The first-order valence-corrected chi connectivity index (χ1v) is 16.0. The van der Waals surface area contributed by atoms with Crippen LogP contribution >= 0.6 is 11.8 Å². The highest BCUT2D eigenvalue weighted by atomic mass is 32.2. The second-order valence-electron chi connectivity index (χ2n) is 12.1. The van der Waals surface area contributed by atoms with E-state index in [1.54, 1.807) is 17.8 Å². The zero-order valence-electron chi connectivity index (χ0n) is 23.8. The highest BCUT2D eigenvalue weighted by Gasteiger charge is 2.77. The van der Waals surface area contributed by atoms with Gasteiger partial charge >= 0.3 is 5.97 Å². The van der Waals surface area contributed by atoms with Crippen LogP contribution in [0.25, 0.3) is 0 Å². The lowest BCUT2D eigenvalue weighted by atomic mass is 9.66. The number of likely N-dealkylation sites (tertiary alicyclic amines) is 1. The number of fused-ring (bicyclic) bond motifs is 1. The first kappa shape index (κ1) is 30.2. The fourth-order valence-corrected chi connectivity index (χ4v) is 9.97. The smallest absolute Gasteiger partial charge is 0.311 e. The Morgan fingerprint density at radius 3 is 2.56 bits per heavy atom. The van der Waals surface area contributed by atoms with Crippen molar-refractivity contribution < 1.29 is 24.2 Å². The molecule has 1 aliphatic carbocycles. The van der Waals surface area contributed by atoms with Gasteiger partial charge in [0.05, 0.1) is 23.2 Å². The number of carbonyl (C=O) groups is 3. The van der Waals surface area contributed by atoms with Crippen LogP contribution in [-0.2, 0) is 19.1 Å². The first-order chi connectivity index (χ1) is 18.8. The van der Waals surface area contributed by atoms with Gasteiger partial charge in [0.2, 0.25) is 11.8 Å². The number of rotatable bonds is 15. The number of ether oxygens (including phenoxy) is 1. The van der Waals surface area contributed by atoms with E-state index in [1.165, 1.54) is 6.42 Å². The fraction of sp³-hybridized carbons (Fsp3) is 0.774. The van der Waals surface area contributed by atoms with Gasteiger partial charge < -0.3 is 19.6 Å². The van der Waals surface area contributed by atoms with E-state index in [4.69, 9.17) is 4.74 Å². The maximum Gasteiger partial charge on any atom is 0.311 e. The average molecular weight is 561 g/mol. The molecule has 218 valence electrons. The van der Waals surface area contributed by atoms with Crippen LogP contribution in [-0.4, -0.2) is 80.6 Å². The Kier molecular flexibility index (Phi) is 10.2. The molecule has 4 rings (SSSR count). The summed E-state index contributed by atoms with van der Waals surface area (Å²) in [6.07, 6.45) is 15.4. The summed E-state index contributed by atoms with van der Waals surface area (Å²) in [7, 11) is 0. The van der Waals surface area contributed by atoms with Crippen LogP contribution in [0.2, 0.25) is 0 Å². The monoisotopic (exact) mass is 560 g/mol. The Bertz CT molecular complexity index is 921. The van der Waals surface area contributed by atoms with Gasteiger partial charge in [-0.15, -0.1) is 24.9 Å². The van der Waals surface area contributed by atoms with E-state index in [0.29, 0.717) is 26.1 Å². The second-order valence-corrected chi connectivity index (χ2v) is 14.0. The van der Waals surface area contributed by atoms with Gasteiger partial charge in [0.15, 0.2) is 0 Å². The summed E-state index contributed by atoms with van der Waals surface area (Å²) in [6.45, 7) is 11.2. The van der Waals surface area contributed by atoms with Crippen LogP contribution < -0.4 is 0 Å². The Morgan fingerprint density at radius 2 is 1.87 bits per heavy atom. The van der Waals surface area contributed by atoms with Crippen LogP contribution in [0.3, 0.4) is 0 Å². The van der Waals surface area contributed by atoms with E-state index < -0.39 is 27.4 Å². The van der Waals surface area contributed by atoms with E-state index >= 15 is 0 Å². The number of nitrogens with zero attached hydrogens (tertiary/aromatic N) is 2. The molecule has 1 N–H and O–H groups in total. The van der Waals surface area contributed by atoms with E-state index in [0.717, 1.165) is 70.6 Å². The summed E-state index contributed by atoms with van der Waals surface area (Å²) in [5.41, 5.74) is 0. The van der Waals surface area contributed by atoms with Gasteiger partial charge in [-0.2, -0.15) is 0 Å².